The zero-order valence-electron chi connectivity index (χ0n) is 18.5. The number of amides is 3. The molecule has 0 spiro atoms. The van der Waals surface area contributed by atoms with E-state index < -0.39 is 0 Å². The van der Waals surface area contributed by atoms with E-state index in [-0.39, 0.29) is 48.5 Å². The number of likely N-dealkylation sites (N-methyl/N-ethyl adjacent to an activating group) is 1. The summed E-state index contributed by atoms with van der Waals surface area (Å²) >= 11 is 3.37. The van der Waals surface area contributed by atoms with E-state index in [1.807, 2.05) is 13.8 Å². The number of fused-ring (bicyclic) bond motifs is 1. The maximum Gasteiger partial charge on any atom is 0.317 e. The summed E-state index contributed by atoms with van der Waals surface area (Å²) in [4.78, 5) is 33.5. The Hall–Kier alpha value is -1.87. The van der Waals surface area contributed by atoms with Crippen molar-refractivity contribution in [1.29, 1.82) is 0 Å². The van der Waals surface area contributed by atoms with Crippen molar-refractivity contribution in [1.82, 2.24) is 20.1 Å². The smallest absolute Gasteiger partial charge is 0.317 e. The Morgan fingerprint density at radius 2 is 2.13 bits per heavy atom. The second kappa shape index (κ2) is 10.6. The lowest BCUT2D eigenvalue weighted by Gasteiger charge is -2.37. The minimum absolute atomic E-state index is 0.0681. The fourth-order valence-electron chi connectivity index (χ4n) is 4.18. The number of carbonyl (C=O) groups excluding carboxylic acids is 2. The van der Waals surface area contributed by atoms with E-state index in [1.54, 1.807) is 29.1 Å². The van der Waals surface area contributed by atoms with Crippen LogP contribution in [-0.4, -0.2) is 76.8 Å². The first-order chi connectivity index (χ1) is 14.8. The van der Waals surface area contributed by atoms with Gasteiger partial charge in [0.1, 0.15) is 11.7 Å². The van der Waals surface area contributed by atoms with Gasteiger partial charge in [0.25, 0.3) is 5.91 Å². The van der Waals surface area contributed by atoms with Gasteiger partial charge in [-0.2, -0.15) is 0 Å². The summed E-state index contributed by atoms with van der Waals surface area (Å²) in [7, 11) is 1.77. The SMILES string of the molecule is C[C@H]1CN([C@@H](C)CO)C(=O)c2cc(Br)cnc2O[C@@H]1CN(C)C(=O)NC1CCCCC1. The largest absolute Gasteiger partial charge is 0.472 e. The van der Waals surface area contributed by atoms with Crippen molar-refractivity contribution in [3.63, 3.8) is 0 Å². The number of ether oxygens (including phenoxy) is 1. The molecule has 0 aromatic carbocycles. The first kappa shape index (κ1) is 23.8. The normalized spacial score (nSPS) is 23.3. The fraction of sp³-hybridized carbons (Fsp3) is 0.682. The molecule has 1 aliphatic heterocycles. The molecular formula is C22H33BrN4O4. The topological polar surface area (TPSA) is 95.0 Å². The summed E-state index contributed by atoms with van der Waals surface area (Å²) < 4.78 is 6.86. The molecule has 2 heterocycles. The summed E-state index contributed by atoms with van der Waals surface area (Å²) in [6.07, 6.45) is 6.84. The van der Waals surface area contributed by atoms with E-state index in [1.165, 1.54) is 6.42 Å². The average Bonchev–Trinajstić information content (AvgIpc) is 2.76. The second-order valence-corrected chi connectivity index (χ2v) is 9.71. The van der Waals surface area contributed by atoms with E-state index >= 15 is 0 Å². The number of hydrogen-bond acceptors (Lipinski definition) is 5. The van der Waals surface area contributed by atoms with Gasteiger partial charge >= 0.3 is 6.03 Å². The Morgan fingerprint density at radius 3 is 2.81 bits per heavy atom. The third kappa shape index (κ3) is 5.88. The van der Waals surface area contributed by atoms with Crippen LogP contribution in [0.3, 0.4) is 0 Å². The van der Waals surface area contributed by atoms with Crippen molar-refractivity contribution in [2.75, 3.05) is 26.7 Å². The second-order valence-electron chi connectivity index (χ2n) is 8.79. The molecule has 0 unspecified atom stereocenters. The molecule has 172 valence electrons. The summed E-state index contributed by atoms with van der Waals surface area (Å²) in [5.41, 5.74) is 0.348. The van der Waals surface area contributed by atoms with Crippen molar-refractivity contribution >= 4 is 27.9 Å². The number of aromatic nitrogens is 1. The van der Waals surface area contributed by atoms with Gasteiger partial charge in [0.05, 0.1) is 19.2 Å². The molecule has 3 rings (SSSR count). The minimum atomic E-state index is -0.351. The van der Waals surface area contributed by atoms with Crippen molar-refractivity contribution in [2.45, 2.75) is 64.1 Å². The molecule has 3 atom stereocenters. The van der Waals surface area contributed by atoms with Gasteiger partial charge in [0.2, 0.25) is 5.88 Å². The quantitative estimate of drug-likeness (QED) is 0.652. The molecule has 2 aliphatic rings. The molecule has 0 bridgehead atoms. The van der Waals surface area contributed by atoms with Crippen LogP contribution < -0.4 is 10.1 Å². The molecule has 1 fully saturated rings. The highest BCUT2D eigenvalue weighted by Gasteiger charge is 2.34. The molecule has 0 saturated heterocycles. The van der Waals surface area contributed by atoms with Crippen molar-refractivity contribution in [3.05, 3.63) is 22.3 Å². The third-order valence-electron chi connectivity index (χ3n) is 6.22. The lowest BCUT2D eigenvalue weighted by atomic mass is 9.96. The molecule has 1 aliphatic carbocycles. The van der Waals surface area contributed by atoms with E-state index in [9.17, 15) is 14.7 Å². The maximum absolute atomic E-state index is 13.1. The van der Waals surface area contributed by atoms with E-state index in [2.05, 4.69) is 26.2 Å². The number of hydrogen-bond donors (Lipinski definition) is 2. The molecule has 31 heavy (non-hydrogen) atoms. The Balaban J connectivity index is 1.78. The minimum Gasteiger partial charge on any atom is -0.472 e. The monoisotopic (exact) mass is 496 g/mol. The fourth-order valence-corrected chi connectivity index (χ4v) is 4.51. The number of aliphatic hydroxyl groups excluding tert-OH is 1. The Bertz CT molecular complexity index is 787. The summed E-state index contributed by atoms with van der Waals surface area (Å²) in [5, 5.41) is 12.8. The van der Waals surface area contributed by atoms with Crippen LogP contribution in [0.2, 0.25) is 0 Å². The van der Waals surface area contributed by atoms with Crippen LogP contribution in [-0.2, 0) is 0 Å². The van der Waals surface area contributed by atoms with Crippen LogP contribution in [0.15, 0.2) is 16.7 Å². The van der Waals surface area contributed by atoms with Gasteiger partial charge in [-0.05, 0) is 41.8 Å². The Morgan fingerprint density at radius 1 is 1.42 bits per heavy atom. The van der Waals surface area contributed by atoms with Crippen LogP contribution in [0.1, 0.15) is 56.3 Å². The number of halogens is 1. The zero-order valence-corrected chi connectivity index (χ0v) is 20.1. The van der Waals surface area contributed by atoms with Crippen LogP contribution in [0.5, 0.6) is 5.88 Å². The molecule has 2 N–H and O–H groups in total. The molecule has 1 aromatic rings. The Labute approximate surface area is 192 Å². The number of rotatable bonds is 5. The first-order valence-corrected chi connectivity index (χ1v) is 11.8. The lowest BCUT2D eigenvalue weighted by Crippen LogP contribution is -2.52. The molecular weight excluding hydrogens is 464 g/mol. The van der Waals surface area contributed by atoms with Gasteiger partial charge in [-0.3, -0.25) is 4.79 Å². The molecule has 0 radical (unpaired) electrons. The molecule has 3 amide bonds. The van der Waals surface area contributed by atoms with E-state index in [0.29, 0.717) is 23.1 Å². The third-order valence-corrected chi connectivity index (χ3v) is 6.65. The van der Waals surface area contributed by atoms with Gasteiger partial charge in [-0.1, -0.05) is 26.2 Å². The highest BCUT2D eigenvalue weighted by Crippen LogP contribution is 2.28. The number of urea groups is 1. The maximum atomic E-state index is 13.1. The summed E-state index contributed by atoms with van der Waals surface area (Å²) in [5.74, 6) is -0.0403. The van der Waals surface area contributed by atoms with Gasteiger partial charge in [-0.25, -0.2) is 9.78 Å². The lowest BCUT2D eigenvalue weighted by molar-refractivity contribution is 0.0351. The predicted molar refractivity (Wildman–Crippen MR) is 121 cm³/mol. The Kier molecular flexibility index (Phi) is 8.16. The number of aliphatic hydroxyl groups is 1. The summed E-state index contributed by atoms with van der Waals surface area (Å²) in [6.45, 7) is 4.45. The average molecular weight is 497 g/mol. The van der Waals surface area contributed by atoms with Gasteiger partial charge in [0, 0.05) is 36.2 Å². The van der Waals surface area contributed by atoms with Gasteiger partial charge in [-0.15, -0.1) is 0 Å². The van der Waals surface area contributed by atoms with Gasteiger partial charge in [0.15, 0.2) is 0 Å². The highest BCUT2D eigenvalue weighted by molar-refractivity contribution is 9.10. The molecule has 9 heteroatoms. The number of pyridine rings is 1. The van der Waals surface area contributed by atoms with Crippen LogP contribution in [0, 0.1) is 5.92 Å². The van der Waals surface area contributed by atoms with Crippen molar-refractivity contribution in [3.8, 4) is 5.88 Å². The first-order valence-electron chi connectivity index (χ1n) is 11.1. The predicted octanol–water partition coefficient (Wildman–Crippen LogP) is 3.04. The number of nitrogens with zero attached hydrogens (tertiary/aromatic N) is 3. The number of carbonyl (C=O) groups is 2. The number of nitrogens with one attached hydrogen (secondary N) is 1. The van der Waals surface area contributed by atoms with E-state index in [4.69, 9.17) is 4.74 Å². The molecule has 8 nitrogen and oxygen atoms in total. The molecule has 1 aromatic heterocycles. The summed E-state index contributed by atoms with van der Waals surface area (Å²) in [6, 6.07) is 1.48. The van der Waals surface area contributed by atoms with E-state index in [0.717, 1.165) is 25.7 Å². The van der Waals surface area contributed by atoms with Crippen molar-refractivity contribution in [2.24, 2.45) is 5.92 Å². The standard InChI is InChI=1S/C22H33BrN4O4/c1-14-11-27(15(2)13-28)21(29)18-9-16(23)10-24-20(18)31-19(14)12-26(3)22(30)25-17-7-5-4-6-8-17/h9-10,14-15,17,19,28H,4-8,11-13H2,1-3H3,(H,25,30)/t14-,15-,19+/m0/s1. The molecule has 1 saturated carbocycles. The van der Waals surface area contributed by atoms with Crippen molar-refractivity contribution < 1.29 is 19.4 Å². The van der Waals surface area contributed by atoms with Crippen LogP contribution in [0.4, 0.5) is 4.79 Å². The van der Waals surface area contributed by atoms with Gasteiger partial charge < -0.3 is 25.0 Å². The highest BCUT2D eigenvalue weighted by atomic mass is 79.9. The van der Waals surface area contributed by atoms with Crippen LogP contribution >= 0.6 is 15.9 Å². The zero-order chi connectivity index (χ0) is 22.5. The van der Waals surface area contributed by atoms with Crippen LogP contribution in [0.25, 0.3) is 0 Å².